The fourth-order valence-corrected chi connectivity index (χ4v) is 3.88. The number of carbonyl (C=O) groups excluding carboxylic acids is 1. The molecule has 0 aliphatic rings. The first-order valence-corrected chi connectivity index (χ1v) is 11.1. The van der Waals surface area contributed by atoms with E-state index in [0.717, 1.165) is 18.4 Å². The molecular formula is C26H26N4O3. The third-order valence-corrected chi connectivity index (χ3v) is 5.63. The molecule has 33 heavy (non-hydrogen) atoms. The number of nitrogens with zero attached hydrogens (tertiary/aromatic N) is 3. The molecule has 1 N–H and O–H groups in total. The molecule has 2 heterocycles. The number of fused-ring (bicyclic) bond motifs is 1. The third-order valence-electron chi connectivity index (χ3n) is 5.63. The van der Waals surface area contributed by atoms with Gasteiger partial charge in [-0.2, -0.15) is 0 Å². The number of nitrogens with one attached hydrogen (secondary N) is 1. The summed E-state index contributed by atoms with van der Waals surface area (Å²) in [5.41, 5.74) is 2.53. The van der Waals surface area contributed by atoms with E-state index in [2.05, 4.69) is 22.4 Å². The van der Waals surface area contributed by atoms with Gasteiger partial charge in [0.05, 0.1) is 12.1 Å². The Bertz CT molecular complexity index is 1370. The molecule has 0 unspecified atom stereocenters. The number of amides is 1. The molecule has 0 fully saturated rings. The molecule has 2 aromatic carbocycles. The van der Waals surface area contributed by atoms with Gasteiger partial charge in [-0.3, -0.25) is 23.5 Å². The fraction of sp³-hybridized carbons (Fsp3) is 0.231. The predicted molar refractivity (Wildman–Crippen MR) is 129 cm³/mol. The number of aryl methyl sites for hydroxylation is 2. The lowest BCUT2D eigenvalue weighted by molar-refractivity contribution is 0.0953. The summed E-state index contributed by atoms with van der Waals surface area (Å²) in [6.07, 6.45) is 3.38. The van der Waals surface area contributed by atoms with Gasteiger partial charge >= 0.3 is 11.1 Å². The van der Waals surface area contributed by atoms with E-state index in [1.807, 2.05) is 25.1 Å². The highest BCUT2D eigenvalue weighted by Crippen LogP contribution is 2.11. The van der Waals surface area contributed by atoms with Crippen LogP contribution in [0.1, 0.15) is 34.8 Å². The van der Waals surface area contributed by atoms with Gasteiger partial charge in [0.1, 0.15) is 0 Å². The van der Waals surface area contributed by atoms with Crippen LogP contribution in [0, 0.1) is 0 Å². The Morgan fingerprint density at radius 2 is 1.61 bits per heavy atom. The van der Waals surface area contributed by atoms with Crippen molar-refractivity contribution in [3.8, 4) is 0 Å². The van der Waals surface area contributed by atoms with Crippen LogP contribution < -0.4 is 16.4 Å². The van der Waals surface area contributed by atoms with E-state index >= 15 is 0 Å². The van der Waals surface area contributed by atoms with Crippen molar-refractivity contribution >= 4 is 17.1 Å². The van der Waals surface area contributed by atoms with Gasteiger partial charge in [0, 0.05) is 24.8 Å². The van der Waals surface area contributed by atoms with Crippen molar-refractivity contribution in [2.24, 2.45) is 0 Å². The standard InChI is InChI=1S/C26H26N4O3/c1-2-29-23-22(11-7-16-27-23)30(26(33)25(29)32)18-20-12-14-21(15-13-20)24(31)28-17-6-10-19-8-4-3-5-9-19/h3-5,7-9,11-16H,2,6,10,17-18H2,1H3,(H,28,31). The molecule has 0 aliphatic carbocycles. The zero-order valence-electron chi connectivity index (χ0n) is 18.5. The van der Waals surface area contributed by atoms with Gasteiger partial charge in [-0.25, -0.2) is 4.98 Å². The highest BCUT2D eigenvalue weighted by Gasteiger charge is 2.13. The Morgan fingerprint density at radius 3 is 2.33 bits per heavy atom. The normalized spacial score (nSPS) is 10.9. The summed E-state index contributed by atoms with van der Waals surface area (Å²) in [6.45, 7) is 3.00. The SMILES string of the molecule is CCn1c(=O)c(=O)n(Cc2ccc(C(=O)NCCCc3ccccc3)cc2)c2cccnc21. The molecule has 4 aromatic rings. The number of carbonyl (C=O) groups is 1. The minimum atomic E-state index is -0.588. The fourth-order valence-electron chi connectivity index (χ4n) is 3.88. The Labute approximate surface area is 191 Å². The third kappa shape index (κ3) is 4.92. The quantitative estimate of drug-likeness (QED) is 0.336. The van der Waals surface area contributed by atoms with Crippen molar-refractivity contribution < 1.29 is 4.79 Å². The number of hydrogen-bond donors (Lipinski definition) is 1. The topological polar surface area (TPSA) is 86.0 Å². The molecule has 7 nitrogen and oxygen atoms in total. The Hall–Kier alpha value is -4.00. The Morgan fingerprint density at radius 1 is 0.879 bits per heavy atom. The van der Waals surface area contributed by atoms with Crippen molar-refractivity contribution in [2.45, 2.75) is 32.9 Å². The van der Waals surface area contributed by atoms with Gasteiger partial charge in [0.15, 0.2) is 5.65 Å². The summed E-state index contributed by atoms with van der Waals surface area (Å²) in [7, 11) is 0. The van der Waals surface area contributed by atoms with Gasteiger partial charge in [-0.1, -0.05) is 42.5 Å². The second kappa shape index (κ2) is 10.1. The summed E-state index contributed by atoms with van der Waals surface area (Å²) in [5, 5.41) is 2.95. The molecule has 0 bridgehead atoms. The van der Waals surface area contributed by atoms with Gasteiger partial charge < -0.3 is 5.32 Å². The molecule has 0 saturated carbocycles. The summed E-state index contributed by atoms with van der Waals surface area (Å²) in [6, 6.07) is 20.8. The molecule has 1 amide bonds. The molecule has 7 heteroatoms. The van der Waals surface area contributed by atoms with Gasteiger partial charge in [0.25, 0.3) is 5.91 Å². The lowest BCUT2D eigenvalue weighted by Gasteiger charge is -2.13. The molecule has 0 saturated heterocycles. The second-order valence-corrected chi connectivity index (χ2v) is 7.83. The van der Waals surface area contributed by atoms with E-state index in [9.17, 15) is 14.4 Å². The van der Waals surface area contributed by atoms with Crippen LogP contribution in [-0.2, 0) is 19.5 Å². The molecule has 0 atom stereocenters. The van der Waals surface area contributed by atoms with Crippen molar-refractivity contribution in [1.82, 2.24) is 19.4 Å². The van der Waals surface area contributed by atoms with Crippen LogP contribution in [0.15, 0.2) is 82.5 Å². The van der Waals surface area contributed by atoms with Crippen molar-refractivity contribution in [1.29, 1.82) is 0 Å². The first-order valence-electron chi connectivity index (χ1n) is 11.1. The van der Waals surface area contributed by atoms with E-state index < -0.39 is 11.1 Å². The molecule has 0 radical (unpaired) electrons. The Kier molecular flexibility index (Phi) is 6.78. The summed E-state index contributed by atoms with van der Waals surface area (Å²) < 4.78 is 2.83. The summed E-state index contributed by atoms with van der Waals surface area (Å²) >= 11 is 0. The lowest BCUT2D eigenvalue weighted by atomic mass is 10.1. The van der Waals surface area contributed by atoms with Gasteiger partial charge in [-0.05, 0) is 55.2 Å². The monoisotopic (exact) mass is 442 g/mol. The summed E-state index contributed by atoms with van der Waals surface area (Å²) in [4.78, 5) is 42.0. The lowest BCUT2D eigenvalue weighted by Crippen LogP contribution is -2.41. The van der Waals surface area contributed by atoms with E-state index in [0.29, 0.717) is 29.8 Å². The van der Waals surface area contributed by atoms with Crippen LogP contribution in [-0.4, -0.2) is 26.6 Å². The second-order valence-electron chi connectivity index (χ2n) is 7.83. The smallest absolute Gasteiger partial charge is 0.318 e. The molecule has 0 aliphatic heterocycles. The van der Waals surface area contributed by atoms with E-state index in [-0.39, 0.29) is 12.5 Å². The number of benzene rings is 2. The zero-order chi connectivity index (χ0) is 23.2. The minimum Gasteiger partial charge on any atom is -0.352 e. The van der Waals surface area contributed by atoms with E-state index in [1.165, 1.54) is 14.7 Å². The van der Waals surface area contributed by atoms with E-state index in [1.54, 1.807) is 42.6 Å². The summed E-state index contributed by atoms with van der Waals surface area (Å²) in [5.74, 6) is -0.132. The molecule has 2 aromatic heterocycles. The minimum absolute atomic E-state index is 0.132. The van der Waals surface area contributed by atoms with Crippen molar-refractivity contribution in [3.63, 3.8) is 0 Å². The number of rotatable bonds is 8. The van der Waals surface area contributed by atoms with Crippen molar-refractivity contribution in [2.75, 3.05) is 6.54 Å². The van der Waals surface area contributed by atoms with E-state index in [4.69, 9.17) is 0 Å². The highest BCUT2D eigenvalue weighted by molar-refractivity contribution is 5.94. The van der Waals surface area contributed by atoms with Crippen LogP contribution in [0.25, 0.3) is 11.2 Å². The maximum atomic E-state index is 12.7. The number of pyridine rings is 1. The number of aromatic nitrogens is 3. The van der Waals surface area contributed by atoms with Crippen LogP contribution >= 0.6 is 0 Å². The molecular weight excluding hydrogens is 416 g/mol. The molecule has 168 valence electrons. The van der Waals surface area contributed by atoms with Crippen LogP contribution in [0.2, 0.25) is 0 Å². The first kappa shape index (κ1) is 22.2. The van der Waals surface area contributed by atoms with Gasteiger partial charge in [-0.15, -0.1) is 0 Å². The van der Waals surface area contributed by atoms with Crippen LogP contribution in [0.5, 0.6) is 0 Å². The Balaban J connectivity index is 1.44. The first-order chi connectivity index (χ1) is 16.1. The maximum Gasteiger partial charge on any atom is 0.318 e. The van der Waals surface area contributed by atoms with Crippen LogP contribution in [0.4, 0.5) is 0 Å². The molecule has 0 spiro atoms. The highest BCUT2D eigenvalue weighted by atomic mass is 16.2. The van der Waals surface area contributed by atoms with Crippen LogP contribution in [0.3, 0.4) is 0 Å². The average Bonchev–Trinajstić information content (AvgIpc) is 2.86. The van der Waals surface area contributed by atoms with Gasteiger partial charge in [0.2, 0.25) is 0 Å². The molecule has 4 rings (SSSR count). The predicted octanol–water partition coefficient (Wildman–Crippen LogP) is 2.99. The zero-order valence-corrected chi connectivity index (χ0v) is 18.5. The largest absolute Gasteiger partial charge is 0.352 e. The number of hydrogen-bond acceptors (Lipinski definition) is 4. The maximum absolute atomic E-state index is 12.7. The average molecular weight is 443 g/mol. The van der Waals surface area contributed by atoms with Crippen molar-refractivity contribution in [3.05, 3.63) is 110 Å².